The van der Waals surface area contributed by atoms with Gasteiger partial charge in [-0.2, -0.15) is 0 Å². The summed E-state index contributed by atoms with van der Waals surface area (Å²) in [7, 11) is 8.10. The van der Waals surface area contributed by atoms with Crippen molar-refractivity contribution in [3.8, 4) is 0 Å². The molecule has 0 aliphatic carbocycles. The van der Waals surface area contributed by atoms with Crippen LogP contribution in [0.3, 0.4) is 0 Å². The molecule has 198 valence electrons. The predicted octanol–water partition coefficient (Wildman–Crippen LogP) is 7.10. The lowest BCUT2D eigenvalue weighted by molar-refractivity contribution is 0.0695. The molecule has 3 aromatic rings. The maximum absolute atomic E-state index is 12.6. The van der Waals surface area contributed by atoms with E-state index in [2.05, 4.69) is 83.1 Å². The highest BCUT2D eigenvalue weighted by atomic mass is 16.4. The number of unbranched alkanes of at least 4 members (excludes halogenated alkanes) is 2. The van der Waals surface area contributed by atoms with Gasteiger partial charge < -0.3 is 19.8 Å². The molecule has 1 N–H and O–H groups in total. The Balaban J connectivity index is 2.14. The molecular formula is C32H43N3O2. The average molecular weight is 502 g/mol. The van der Waals surface area contributed by atoms with Gasteiger partial charge in [-0.25, -0.2) is 4.79 Å². The van der Waals surface area contributed by atoms with Crippen LogP contribution in [-0.4, -0.2) is 52.4 Å². The van der Waals surface area contributed by atoms with Gasteiger partial charge in [-0.15, -0.1) is 0 Å². The normalized spacial score (nSPS) is 11.0. The number of hydrogen-bond donors (Lipinski definition) is 1. The van der Waals surface area contributed by atoms with E-state index in [0.29, 0.717) is 5.56 Å². The molecule has 0 radical (unpaired) electrons. The molecule has 0 atom stereocenters. The number of carbonyl (C=O) groups is 1. The maximum Gasteiger partial charge on any atom is 0.336 e. The van der Waals surface area contributed by atoms with Crippen LogP contribution in [0.4, 0.5) is 17.1 Å². The fraction of sp³-hybridized carbons (Fsp3) is 0.406. The van der Waals surface area contributed by atoms with E-state index in [1.165, 1.54) is 0 Å². The Morgan fingerprint density at radius 1 is 0.703 bits per heavy atom. The highest BCUT2D eigenvalue weighted by molar-refractivity contribution is 5.91. The summed E-state index contributed by atoms with van der Waals surface area (Å²) in [4.78, 5) is 19.1. The molecule has 3 rings (SSSR count). The van der Waals surface area contributed by atoms with Gasteiger partial charge in [-0.3, -0.25) is 0 Å². The quantitative estimate of drug-likeness (QED) is 0.253. The van der Waals surface area contributed by atoms with Crippen LogP contribution < -0.4 is 14.7 Å². The van der Waals surface area contributed by atoms with Crippen molar-refractivity contribution in [2.45, 2.75) is 45.4 Å². The molecule has 3 aromatic carbocycles. The standard InChI is InChI=1S/C32H43N3O2/c1-7-9-21-35(22-10-8-2)28-19-20-29(30(23-28)32(36)37)31(24-11-15-26(16-12-24)33(3)4)25-13-17-27(18-14-25)34(5)6/h11-20,23,31H,7-10,21-22H2,1-6H3,(H,36,37). The van der Waals surface area contributed by atoms with Gasteiger partial charge in [0.2, 0.25) is 0 Å². The van der Waals surface area contributed by atoms with E-state index in [1.807, 2.05) is 40.3 Å². The lowest BCUT2D eigenvalue weighted by Gasteiger charge is -2.27. The minimum absolute atomic E-state index is 0.188. The molecule has 0 amide bonds. The Kier molecular flexibility index (Phi) is 10.0. The van der Waals surface area contributed by atoms with Crippen molar-refractivity contribution in [1.29, 1.82) is 0 Å². The van der Waals surface area contributed by atoms with Crippen molar-refractivity contribution < 1.29 is 9.90 Å². The molecule has 0 heterocycles. The van der Waals surface area contributed by atoms with Crippen LogP contribution >= 0.6 is 0 Å². The van der Waals surface area contributed by atoms with Crippen LogP contribution in [0.2, 0.25) is 0 Å². The number of benzene rings is 3. The molecule has 5 heteroatoms. The first-order valence-corrected chi connectivity index (χ1v) is 13.4. The molecule has 0 aliphatic rings. The topological polar surface area (TPSA) is 47.0 Å². The molecule has 5 nitrogen and oxygen atoms in total. The minimum atomic E-state index is -0.886. The second-order valence-corrected chi connectivity index (χ2v) is 10.2. The van der Waals surface area contributed by atoms with E-state index in [4.69, 9.17) is 0 Å². The highest BCUT2D eigenvalue weighted by Crippen LogP contribution is 2.37. The summed E-state index contributed by atoms with van der Waals surface area (Å²) in [5.41, 5.74) is 6.56. The van der Waals surface area contributed by atoms with E-state index in [-0.39, 0.29) is 5.92 Å². The SMILES string of the molecule is CCCCN(CCCC)c1ccc(C(c2ccc(N(C)C)cc2)c2ccc(N(C)C)cc2)c(C(=O)O)c1. The summed E-state index contributed by atoms with van der Waals surface area (Å²) in [5.74, 6) is -1.07. The molecule has 0 saturated carbocycles. The van der Waals surface area contributed by atoms with Gasteiger partial charge in [-0.05, 0) is 65.9 Å². The molecule has 0 fully saturated rings. The molecular weight excluding hydrogens is 458 g/mol. The zero-order chi connectivity index (χ0) is 26.9. The van der Waals surface area contributed by atoms with Crippen molar-refractivity contribution in [2.75, 3.05) is 56.0 Å². The third kappa shape index (κ3) is 7.06. The van der Waals surface area contributed by atoms with Crippen LogP contribution in [-0.2, 0) is 0 Å². The Labute approximate surface area is 223 Å². The van der Waals surface area contributed by atoms with Gasteiger partial charge in [0.25, 0.3) is 0 Å². The number of rotatable bonds is 13. The van der Waals surface area contributed by atoms with Gasteiger partial charge in [0.1, 0.15) is 0 Å². The van der Waals surface area contributed by atoms with E-state index < -0.39 is 5.97 Å². The molecule has 0 saturated heterocycles. The van der Waals surface area contributed by atoms with Crippen molar-refractivity contribution in [1.82, 2.24) is 0 Å². The molecule has 37 heavy (non-hydrogen) atoms. The summed E-state index contributed by atoms with van der Waals surface area (Å²) in [6, 6.07) is 22.9. The monoisotopic (exact) mass is 501 g/mol. The summed E-state index contributed by atoms with van der Waals surface area (Å²) < 4.78 is 0. The number of aromatic carboxylic acids is 1. The van der Waals surface area contributed by atoms with E-state index >= 15 is 0 Å². The Morgan fingerprint density at radius 3 is 1.51 bits per heavy atom. The highest BCUT2D eigenvalue weighted by Gasteiger charge is 2.24. The minimum Gasteiger partial charge on any atom is -0.478 e. The van der Waals surface area contributed by atoms with Gasteiger partial charge in [0.05, 0.1) is 5.56 Å². The Bertz CT molecular complexity index is 1080. The molecule has 0 spiro atoms. The smallest absolute Gasteiger partial charge is 0.336 e. The molecule has 0 bridgehead atoms. The first kappa shape index (κ1) is 28.1. The van der Waals surface area contributed by atoms with Crippen molar-refractivity contribution >= 4 is 23.0 Å². The number of anilines is 3. The Hall–Kier alpha value is -3.47. The van der Waals surface area contributed by atoms with Gasteiger partial charge in [0.15, 0.2) is 0 Å². The zero-order valence-electron chi connectivity index (χ0n) is 23.4. The third-order valence-corrected chi connectivity index (χ3v) is 6.99. The van der Waals surface area contributed by atoms with Crippen molar-refractivity contribution in [3.05, 3.63) is 89.0 Å². The van der Waals surface area contributed by atoms with Crippen LogP contribution in [0, 0.1) is 0 Å². The third-order valence-electron chi connectivity index (χ3n) is 6.99. The maximum atomic E-state index is 12.6. The summed E-state index contributed by atoms with van der Waals surface area (Å²) >= 11 is 0. The second-order valence-electron chi connectivity index (χ2n) is 10.2. The van der Waals surface area contributed by atoms with Crippen LogP contribution in [0.1, 0.15) is 72.5 Å². The molecule has 0 unspecified atom stereocenters. The van der Waals surface area contributed by atoms with Gasteiger partial charge in [-0.1, -0.05) is 57.0 Å². The summed E-state index contributed by atoms with van der Waals surface area (Å²) in [6.45, 7) is 6.27. The summed E-state index contributed by atoms with van der Waals surface area (Å²) in [6.07, 6.45) is 4.40. The fourth-order valence-corrected chi connectivity index (χ4v) is 4.73. The summed E-state index contributed by atoms with van der Waals surface area (Å²) in [5, 5.41) is 10.4. The lowest BCUT2D eigenvalue weighted by atomic mass is 9.82. The second kappa shape index (κ2) is 13.2. The largest absolute Gasteiger partial charge is 0.478 e. The first-order valence-electron chi connectivity index (χ1n) is 13.4. The van der Waals surface area contributed by atoms with Crippen LogP contribution in [0.15, 0.2) is 66.7 Å². The number of nitrogens with zero attached hydrogens (tertiary/aromatic N) is 3. The average Bonchev–Trinajstić information content (AvgIpc) is 2.89. The molecule has 0 aromatic heterocycles. The first-order chi connectivity index (χ1) is 17.8. The van der Waals surface area contributed by atoms with Crippen molar-refractivity contribution in [2.24, 2.45) is 0 Å². The van der Waals surface area contributed by atoms with E-state index in [0.717, 1.165) is 72.5 Å². The molecule has 0 aliphatic heterocycles. The van der Waals surface area contributed by atoms with Gasteiger partial charge in [0, 0.05) is 64.3 Å². The Morgan fingerprint density at radius 2 is 1.14 bits per heavy atom. The van der Waals surface area contributed by atoms with E-state index in [1.54, 1.807) is 0 Å². The van der Waals surface area contributed by atoms with Crippen LogP contribution in [0.5, 0.6) is 0 Å². The zero-order valence-corrected chi connectivity index (χ0v) is 23.4. The number of carboxylic acid groups (broad SMARTS) is 1. The predicted molar refractivity (Wildman–Crippen MR) is 158 cm³/mol. The number of hydrogen-bond acceptors (Lipinski definition) is 4. The fourth-order valence-electron chi connectivity index (χ4n) is 4.73. The van der Waals surface area contributed by atoms with Crippen LogP contribution in [0.25, 0.3) is 0 Å². The van der Waals surface area contributed by atoms with Gasteiger partial charge >= 0.3 is 5.97 Å². The van der Waals surface area contributed by atoms with E-state index in [9.17, 15) is 9.90 Å². The number of carboxylic acids is 1. The van der Waals surface area contributed by atoms with Crippen molar-refractivity contribution in [3.63, 3.8) is 0 Å². The lowest BCUT2D eigenvalue weighted by Crippen LogP contribution is -2.26.